The topological polar surface area (TPSA) is 142 Å². The third-order valence-electron chi connectivity index (χ3n) is 3.05. The minimum absolute atomic E-state index is 0.104. The van der Waals surface area contributed by atoms with Gasteiger partial charge in [0.15, 0.2) is 4.90 Å². The lowest BCUT2D eigenvalue weighted by molar-refractivity contribution is -0.387. The quantitative estimate of drug-likeness (QED) is 0.592. The number of nitro benzene ring substituents is 2. The van der Waals surface area contributed by atoms with Crippen LogP contribution in [0.15, 0.2) is 41.3 Å². The lowest BCUT2D eigenvalue weighted by Crippen LogP contribution is -2.15. The maximum Gasteiger partial charge on any atom is 0.293 e. The lowest BCUT2D eigenvalue weighted by Gasteiger charge is -2.09. The van der Waals surface area contributed by atoms with E-state index in [-0.39, 0.29) is 16.5 Å². The highest BCUT2D eigenvalue weighted by Crippen LogP contribution is 2.32. The minimum Gasteiger partial charge on any atom is -0.497 e. The number of rotatable bonds is 6. The van der Waals surface area contributed by atoms with Crippen molar-refractivity contribution in [1.29, 1.82) is 0 Å². The molecule has 132 valence electrons. The number of sulfonamides is 1. The Kier molecular flexibility index (Phi) is 5.09. The van der Waals surface area contributed by atoms with E-state index in [1.165, 1.54) is 19.2 Å². The molecule has 12 heteroatoms. The van der Waals surface area contributed by atoms with Gasteiger partial charge in [0.2, 0.25) is 0 Å². The number of benzene rings is 2. The summed E-state index contributed by atoms with van der Waals surface area (Å²) in [6, 6.07) is 6.45. The van der Waals surface area contributed by atoms with Crippen molar-refractivity contribution in [3.8, 4) is 5.75 Å². The Bertz CT molecular complexity index is 962. The summed E-state index contributed by atoms with van der Waals surface area (Å²) in [6.45, 7) is 0. The summed E-state index contributed by atoms with van der Waals surface area (Å²) in [6.07, 6.45) is 0. The van der Waals surface area contributed by atoms with Crippen LogP contribution in [0.2, 0.25) is 5.02 Å². The molecule has 0 saturated carbocycles. The maximum absolute atomic E-state index is 12.4. The molecule has 0 atom stereocenters. The molecule has 0 unspecified atom stereocenters. The molecule has 0 aromatic heterocycles. The van der Waals surface area contributed by atoms with Gasteiger partial charge in [0.25, 0.3) is 21.4 Å². The standard InChI is InChI=1S/C13H10ClN3O7S/c1-24-9-3-5-13(12(7-9)17(20)21)25(22,23)15-8-2-4-10(14)11(6-8)16(18)19/h2-7,15H,1H3. The van der Waals surface area contributed by atoms with Crippen LogP contribution in [0.25, 0.3) is 0 Å². The van der Waals surface area contributed by atoms with E-state index in [1.54, 1.807) is 0 Å². The Balaban J connectivity index is 2.49. The van der Waals surface area contributed by atoms with Gasteiger partial charge in [0.1, 0.15) is 10.8 Å². The van der Waals surface area contributed by atoms with Crippen LogP contribution in [-0.4, -0.2) is 25.4 Å². The van der Waals surface area contributed by atoms with E-state index >= 15 is 0 Å². The number of nitrogens with one attached hydrogen (secondary N) is 1. The summed E-state index contributed by atoms with van der Waals surface area (Å²) >= 11 is 5.66. The van der Waals surface area contributed by atoms with E-state index in [4.69, 9.17) is 16.3 Å². The highest BCUT2D eigenvalue weighted by molar-refractivity contribution is 7.92. The van der Waals surface area contributed by atoms with E-state index < -0.39 is 36.1 Å². The van der Waals surface area contributed by atoms with Crippen molar-refractivity contribution in [1.82, 2.24) is 0 Å². The molecule has 0 aliphatic rings. The van der Waals surface area contributed by atoms with Gasteiger partial charge in [-0.1, -0.05) is 11.6 Å². The van der Waals surface area contributed by atoms with Crippen molar-refractivity contribution in [2.75, 3.05) is 11.8 Å². The van der Waals surface area contributed by atoms with Crippen molar-refractivity contribution in [2.45, 2.75) is 4.90 Å². The second kappa shape index (κ2) is 6.91. The Morgan fingerprint density at radius 1 is 1.04 bits per heavy atom. The summed E-state index contributed by atoms with van der Waals surface area (Å²) in [5.41, 5.74) is -1.37. The number of nitro groups is 2. The van der Waals surface area contributed by atoms with Crippen LogP contribution >= 0.6 is 11.6 Å². The number of hydrogen-bond donors (Lipinski definition) is 1. The van der Waals surface area contributed by atoms with Gasteiger partial charge < -0.3 is 4.74 Å². The number of ether oxygens (including phenoxy) is 1. The second-order valence-electron chi connectivity index (χ2n) is 4.62. The number of halogens is 1. The molecule has 0 amide bonds. The average Bonchev–Trinajstić information content (AvgIpc) is 2.55. The van der Waals surface area contributed by atoms with Crippen molar-refractivity contribution in [3.05, 3.63) is 61.6 Å². The summed E-state index contributed by atoms with van der Waals surface area (Å²) in [7, 11) is -3.11. The van der Waals surface area contributed by atoms with Gasteiger partial charge in [-0.05, 0) is 24.3 Å². The van der Waals surface area contributed by atoms with Crippen molar-refractivity contribution in [2.24, 2.45) is 0 Å². The van der Waals surface area contributed by atoms with Gasteiger partial charge in [-0.2, -0.15) is 0 Å². The fourth-order valence-corrected chi connectivity index (χ4v) is 3.31. The summed E-state index contributed by atoms with van der Waals surface area (Å²) < 4.78 is 31.8. The molecule has 0 spiro atoms. The SMILES string of the molecule is COc1ccc(S(=O)(=O)Nc2ccc(Cl)c([N+](=O)[O-])c2)c([N+](=O)[O-])c1. The third kappa shape index (κ3) is 3.95. The summed E-state index contributed by atoms with van der Waals surface area (Å²) in [5, 5.41) is 21.8. The Hall–Kier alpha value is -2.92. The van der Waals surface area contributed by atoms with Gasteiger partial charge in [-0.15, -0.1) is 0 Å². The predicted octanol–water partition coefficient (Wildman–Crippen LogP) is 2.97. The first-order chi connectivity index (χ1) is 11.7. The normalized spacial score (nSPS) is 11.0. The molecule has 0 radical (unpaired) electrons. The molecule has 10 nitrogen and oxygen atoms in total. The van der Waals surface area contributed by atoms with Crippen molar-refractivity contribution >= 4 is 38.7 Å². The molecule has 2 rings (SSSR count). The fraction of sp³-hybridized carbons (Fsp3) is 0.0769. The molecule has 0 aliphatic carbocycles. The van der Waals surface area contributed by atoms with Crippen molar-refractivity contribution < 1.29 is 23.0 Å². The van der Waals surface area contributed by atoms with E-state index in [0.29, 0.717) is 0 Å². The molecule has 1 N–H and O–H groups in total. The largest absolute Gasteiger partial charge is 0.497 e. The lowest BCUT2D eigenvalue weighted by atomic mass is 10.3. The summed E-state index contributed by atoms with van der Waals surface area (Å²) in [5.74, 6) is 0.104. The van der Waals surface area contributed by atoms with Crippen LogP contribution in [0.5, 0.6) is 5.75 Å². The molecular formula is C13H10ClN3O7S. The molecule has 2 aromatic rings. The Morgan fingerprint density at radius 3 is 2.24 bits per heavy atom. The molecule has 0 saturated heterocycles. The van der Waals surface area contributed by atoms with Crippen LogP contribution < -0.4 is 9.46 Å². The second-order valence-corrected chi connectivity index (χ2v) is 6.68. The van der Waals surface area contributed by atoms with Gasteiger partial charge in [-0.3, -0.25) is 25.0 Å². The van der Waals surface area contributed by atoms with E-state index in [1.807, 2.05) is 0 Å². The molecule has 0 heterocycles. The summed E-state index contributed by atoms with van der Waals surface area (Å²) in [4.78, 5) is 19.7. The van der Waals surface area contributed by atoms with Gasteiger partial charge in [0, 0.05) is 6.07 Å². The molecule has 25 heavy (non-hydrogen) atoms. The van der Waals surface area contributed by atoms with E-state index in [0.717, 1.165) is 24.3 Å². The number of nitrogens with zero attached hydrogens (tertiary/aromatic N) is 2. The molecule has 0 fully saturated rings. The predicted molar refractivity (Wildman–Crippen MR) is 88.6 cm³/mol. The number of hydrogen-bond acceptors (Lipinski definition) is 7. The zero-order valence-corrected chi connectivity index (χ0v) is 14.1. The van der Waals surface area contributed by atoms with Crippen LogP contribution in [0.1, 0.15) is 0 Å². The number of anilines is 1. The third-order valence-corrected chi connectivity index (χ3v) is 4.80. The first-order valence-corrected chi connectivity index (χ1v) is 8.31. The zero-order valence-electron chi connectivity index (χ0n) is 12.5. The van der Waals surface area contributed by atoms with Crippen LogP contribution in [-0.2, 0) is 10.0 Å². The highest BCUT2D eigenvalue weighted by atomic mass is 35.5. The van der Waals surface area contributed by atoms with Crippen molar-refractivity contribution in [3.63, 3.8) is 0 Å². The smallest absolute Gasteiger partial charge is 0.293 e. The van der Waals surface area contributed by atoms with Gasteiger partial charge >= 0.3 is 0 Å². The maximum atomic E-state index is 12.4. The Morgan fingerprint density at radius 2 is 1.68 bits per heavy atom. The van der Waals surface area contributed by atoms with Crippen LogP contribution in [0, 0.1) is 20.2 Å². The van der Waals surface area contributed by atoms with Crippen LogP contribution in [0.3, 0.4) is 0 Å². The fourth-order valence-electron chi connectivity index (χ4n) is 1.92. The molecule has 0 aliphatic heterocycles. The van der Waals surface area contributed by atoms with Gasteiger partial charge in [0.05, 0.1) is 28.7 Å². The zero-order chi connectivity index (χ0) is 18.8. The molecule has 2 aromatic carbocycles. The minimum atomic E-state index is -4.38. The van der Waals surface area contributed by atoms with E-state index in [9.17, 15) is 28.6 Å². The Labute approximate surface area is 146 Å². The monoisotopic (exact) mass is 387 g/mol. The highest BCUT2D eigenvalue weighted by Gasteiger charge is 2.27. The van der Waals surface area contributed by atoms with Crippen LogP contribution in [0.4, 0.5) is 17.1 Å². The molecular weight excluding hydrogens is 378 g/mol. The number of methoxy groups -OCH3 is 1. The average molecular weight is 388 g/mol. The first kappa shape index (κ1) is 18.4. The van der Waals surface area contributed by atoms with E-state index in [2.05, 4.69) is 4.72 Å². The molecule has 0 bridgehead atoms. The first-order valence-electron chi connectivity index (χ1n) is 6.45. The van der Waals surface area contributed by atoms with Gasteiger partial charge in [-0.25, -0.2) is 8.42 Å².